The van der Waals surface area contributed by atoms with Crippen molar-refractivity contribution in [2.75, 3.05) is 18.4 Å². The lowest BCUT2D eigenvalue weighted by atomic mass is 9.75. The SMILES string of the molecule is CC(C)(C)C1CCN(C(=O)Nc2cccc(CN)c2)CC1. The van der Waals surface area contributed by atoms with Gasteiger partial charge >= 0.3 is 6.03 Å². The summed E-state index contributed by atoms with van der Waals surface area (Å²) in [4.78, 5) is 14.2. The highest BCUT2D eigenvalue weighted by molar-refractivity contribution is 5.89. The van der Waals surface area contributed by atoms with Crippen molar-refractivity contribution in [1.29, 1.82) is 0 Å². The Morgan fingerprint density at radius 3 is 2.57 bits per heavy atom. The molecule has 1 aliphatic heterocycles. The Labute approximate surface area is 127 Å². The Balaban J connectivity index is 1.90. The fourth-order valence-electron chi connectivity index (χ4n) is 2.93. The number of carbonyl (C=O) groups is 1. The number of hydrogen-bond donors (Lipinski definition) is 2. The van der Waals surface area contributed by atoms with Gasteiger partial charge in [-0.05, 0) is 41.9 Å². The van der Waals surface area contributed by atoms with Crippen LogP contribution in [0.4, 0.5) is 10.5 Å². The van der Waals surface area contributed by atoms with Gasteiger partial charge in [-0.1, -0.05) is 32.9 Å². The van der Waals surface area contributed by atoms with Gasteiger partial charge in [0.2, 0.25) is 0 Å². The van der Waals surface area contributed by atoms with E-state index in [0.29, 0.717) is 17.9 Å². The van der Waals surface area contributed by atoms with Crippen molar-refractivity contribution in [3.05, 3.63) is 29.8 Å². The van der Waals surface area contributed by atoms with Crippen LogP contribution < -0.4 is 11.1 Å². The number of piperidine rings is 1. The lowest BCUT2D eigenvalue weighted by Gasteiger charge is -2.38. The van der Waals surface area contributed by atoms with Gasteiger partial charge in [0.05, 0.1) is 0 Å². The van der Waals surface area contributed by atoms with Crippen LogP contribution in [-0.4, -0.2) is 24.0 Å². The number of likely N-dealkylation sites (tertiary alicyclic amines) is 1. The minimum atomic E-state index is -0.00321. The van der Waals surface area contributed by atoms with Crippen LogP contribution in [0.5, 0.6) is 0 Å². The van der Waals surface area contributed by atoms with E-state index in [1.54, 1.807) is 0 Å². The van der Waals surface area contributed by atoms with Gasteiger partial charge in [0.15, 0.2) is 0 Å². The first-order valence-corrected chi connectivity index (χ1v) is 7.75. The summed E-state index contributed by atoms with van der Waals surface area (Å²) >= 11 is 0. The molecule has 21 heavy (non-hydrogen) atoms. The molecule has 2 rings (SSSR count). The van der Waals surface area contributed by atoms with Crippen molar-refractivity contribution in [3.8, 4) is 0 Å². The van der Waals surface area contributed by atoms with Crippen LogP contribution >= 0.6 is 0 Å². The lowest BCUT2D eigenvalue weighted by molar-refractivity contribution is 0.128. The highest BCUT2D eigenvalue weighted by Crippen LogP contribution is 2.34. The van der Waals surface area contributed by atoms with Crippen LogP contribution in [0.25, 0.3) is 0 Å². The van der Waals surface area contributed by atoms with Crippen molar-refractivity contribution in [3.63, 3.8) is 0 Å². The first-order valence-electron chi connectivity index (χ1n) is 7.75. The van der Waals surface area contributed by atoms with E-state index < -0.39 is 0 Å². The minimum Gasteiger partial charge on any atom is -0.326 e. The normalized spacial score (nSPS) is 16.9. The summed E-state index contributed by atoms with van der Waals surface area (Å²) in [5, 5.41) is 2.97. The molecule has 0 aliphatic carbocycles. The highest BCUT2D eigenvalue weighted by atomic mass is 16.2. The molecular weight excluding hydrogens is 262 g/mol. The smallest absolute Gasteiger partial charge is 0.321 e. The van der Waals surface area contributed by atoms with Gasteiger partial charge < -0.3 is 16.0 Å². The standard InChI is InChI=1S/C17H27N3O/c1-17(2,3)14-7-9-20(10-8-14)16(21)19-15-6-4-5-13(11-15)12-18/h4-6,11,14H,7-10,12,18H2,1-3H3,(H,19,21). The number of nitrogens with one attached hydrogen (secondary N) is 1. The van der Waals surface area contributed by atoms with Crippen molar-refractivity contribution in [2.24, 2.45) is 17.1 Å². The predicted octanol–water partition coefficient (Wildman–Crippen LogP) is 3.44. The summed E-state index contributed by atoms with van der Waals surface area (Å²) in [7, 11) is 0. The quantitative estimate of drug-likeness (QED) is 0.876. The largest absolute Gasteiger partial charge is 0.326 e. The molecule has 0 bridgehead atoms. The molecule has 116 valence electrons. The Bertz CT molecular complexity index is 485. The average molecular weight is 289 g/mol. The highest BCUT2D eigenvalue weighted by Gasteiger charge is 2.30. The monoisotopic (exact) mass is 289 g/mol. The van der Waals surface area contributed by atoms with E-state index in [1.165, 1.54) is 0 Å². The average Bonchev–Trinajstić information content (AvgIpc) is 2.46. The maximum atomic E-state index is 12.3. The zero-order valence-corrected chi connectivity index (χ0v) is 13.4. The fourth-order valence-corrected chi connectivity index (χ4v) is 2.93. The first kappa shape index (κ1) is 15.8. The maximum absolute atomic E-state index is 12.3. The van der Waals surface area contributed by atoms with Gasteiger partial charge in [0.1, 0.15) is 0 Å². The maximum Gasteiger partial charge on any atom is 0.321 e. The van der Waals surface area contributed by atoms with Gasteiger partial charge in [-0.15, -0.1) is 0 Å². The van der Waals surface area contributed by atoms with Gasteiger partial charge in [-0.25, -0.2) is 4.79 Å². The van der Waals surface area contributed by atoms with Crippen LogP contribution in [0.1, 0.15) is 39.2 Å². The number of urea groups is 1. The number of carbonyl (C=O) groups excluding carboxylic acids is 1. The van der Waals surface area contributed by atoms with Crippen molar-refractivity contribution in [1.82, 2.24) is 4.90 Å². The van der Waals surface area contributed by atoms with E-state index in [1.807, 2.05) is 29.2 Å². The van der Waals surface area contributed by atoms with Crippen LogP contribution in [0.15, 0.2) is 24.3 Å². The van der Waals surface area contributed by atoms with E-state index in [0.717, 1.165) is 37.2 Å². The van der Waals surface area contributed by atoms with E-state index in [4.69, 9.17) is 5.73 Å². The summed E-state index contributed by atoms with van der Waals surface area (Å²) in [5.41, 5.74) is 7.80. The molecule has 3 N–H and O–H groups in total. The van der Waals surface area contributed by atoms with E-state index in [2.05, 4.69) is 26.1 Å². The van der Waals surface area contributed by atoms with Crippen molar-refractivity contribution < 1.29 is 4.79 Å². The van der Waals surface area contributed by atoms with Gasteiger partial charge in [0.25, 0.3) is 0 Å². The lowest BCUT2D eigenvalue weighted by Crippen LogP contribution is -2.43. The molecule has 1 aromatic rings. The molecule has 0 radical (unpaired) electrons. The molecule has 1 saturated heterocycles. The van der Waals surface area contributed by atoms with E-state index in [9.17, 15) is 4.79 Å². The van der Waals surface area contributed by atoms with Crippen molar-refractivity contribution >= 4 is 11.7 Å². The van der Waals surface area contributed by atoms with E-state index >= 15 is 0 Å². The summed E-state index contributed by atoms with van der Waals surface area (Å²) in [6, 6.07) is 7.71. The van der Waals surface area contributed by atoms with Crippen LogP contribution in [0, 0.1) is 11.3 Å². The first-order chi connectivity index (χ1) is 9.90. The molecule has 1 aliphatic rings. The number of hydrogen-bond acceptors (Lipinski definition) is 2. The van der Waals surface area contributed by atoms with E-state index in [-0.39, 0.29) is 6.03 Å². The van der Waals surface area contributed by atoms with Crippen LogP contribution in [0.3, 0.4) is 0 Å². The number of amides is 2. The molecule has 0 saturated carbocycles. The Morgan fingerprint density at radius 2 is 2.00 bits per heavy atom. The number of nitrogens with two attached hydrogens (primary N) is 1. The minimum absolute atomic E-state index is 0.00321. The number of benzene rings is 1. The fraction of sp³-hybridized carbons (Fsp3) is 0.588. The third-order valence-electron chi connectivity index (χ3n) is 4.42. The van der Waals surface area contributed by atoms with Gasteiger partial charge in [-0.3, -0.25) is 0 Å². The zero-order chi connectivity index (χ0) is 15.5. The zero-order valence-electron chi connectivity index (χ0n) is 13.4. The topological polar surface area (TPSA) is 58.4 Å². The molecule has 0 unspecified atom stereocenters. The summed E-state index contributed by atoms with van der Waals surface area (Å²) in [6.07, 6.45) is 2.17. The van der Waals surface area contributed by atoms with Crippen molar-refractivity contribution in [2.45, 2.75) is 40.2 Å². The predicted molar refractivity (Wildman–Crippen MR) is 87.1 cm³/mol. The number of anilines is 1. The summed E-state index contributed by atoms with van der Waals surface area (Å²) in [6.45, 7) is 9.01. The summed E-state index contributed by atoms with van der Waals surface area (Å²) < 4.78 is 0. The Kier molecular flexibility index (Phi) is 4.88. The molecule has 1 fully saturated rings. The molecule has 0 spiro atoms. The number of nitrogens with zero attached hydrogens (tertiary/aromatic N) is 1. The molecule has 4 nitrogen and oxygen atoms in total. The molecule has 1 heterocycles. The Morgan fingerprint density at radius 1 is 1.33 bits per heavy atom. The molecule has 4 heteroatoms. The molecule has 2 amide bonds. The third-order valence-corrected chi connectivity index (χ3v) is 4.42. The molecular formula is C17H27N3O. The van der Waals surface area contributed by atoms with Gasteiger partial charge in [-0.2, -0.15) is 0 Å². The number of rotatable bonds is 2. The molecule has 1 aromatic carbocycles. The second kappa shape index (κ2) is 6.48. The van der Waals surface area contributed by atoms with Crippen LogP contribution in [-0.2, 0) is 6.54 Å². The van der Waals surface area contributed by atoms with Gasteiger partial charge in [0, 0.05) is 25.3 Å². The second-order valence-corrected chi connectivity index (χ2v) is 6.96. The summed E-state index contributed by atoms with van der Waals surface area (Å²) in [5.74, 6) is 0.696. The Hall–Kier alpha value is -1.55. The van der Waals surface area contributed by atoms with Crippen LogP contribution in [0.2, 0.25) is 0 Å². The molecule has 0 atom stereocenters. The second-order valence-electron chi connectivity index (χ2n) is 6.96. The molecule has 0 aromatic heterocycles. The third kappa shape index (κ3) is 4.21.